The summed E-state index contributed by atoms with van der Waals surface area (Å²) in [5.74, 6) is 0.855. The average Bonchev–Trinajstić information content (AvgIpc) is 4.03. The van der Waals surface area contributed by atoms with Crippen molar-refractivity contribution in [1.29, 1.82) is 5.26 Å². The number of hydrogen-bond acceptors (Lipinski definition) is 13. The van der Waals surface area contributed by atoms with Crippen molar-refractivity contribution >= 4 is 46.8 Å². The first-order chi connectivity index (χ1) is 33.5. The lowest BCUT2D eigenvalue weighted by molar-refractivity contribution is -0.142. The van der Waals surface area contributed by atoms with E-state index in [2.05, 4.69) is 50.3 Å². The van der Waals surface area contributed by atoms with Gasteiger partial charge < -0.3 is 34.6 Å². The number of rotatable bonds is 18. The van der Waals surface area contributed by atoms with Crippen LogP contribution in [0.25, 0.3) is 10.4 Å². The molecule has 70 heavy (non-hydrogen) atoms. The number of nitriles is 1. The van der Waals surface area contributed by atoms with Gasteiger partial charge in [0.15, 0.2) is 0 Å². The van der Waals surface area contributed by atoms with Gasteiger partial charge in [0, 0.05) is 55.9 Å². The summed E-state index contributed by atoms with van der Waals surface area (Å²) in [6.45, 7) is 19.0. The van der Waals surface area contributed by atoms with E-state index in [4.69, 9.17) is 30.8 Å². The van der Waals surface area contributed by atoms with Crippen LogP contribution in [0.5, 0.6) is 5.75 Å². The summed E-state index contributed by atoms with van der Waals surface area (Å²) in [4.78, 5) is 61.5. The van der Waals surface area contributed by atoms with Crippen LogP contribution in [0.4, 0.5) is 10.7 Å². The maximum atomic E-state index is 14.0. The van der Waals surface area contributed by atoms with Gasteiger partial charge in [0.2, 0.25) is 17.8 Å². The molecule has 2 fully saturated rings. The van der Waals surface area contributed by atoms with Crippen LogP contribution >= 0.6 is 22.9 Å². The number of aromatic nitrogens is 3. The first kappa shape index (κ1) is 51.7. The van der Waals surface area contributed by atoms with Gasteiger partial charge >= 0.3 is 6.09 Å². The van der Waals surface area contributed by atoms with E-state index in [1.807, 2.05) is 107 Å². The number of amides is 3. The van der Waals surface area contributed by atoms with E-state index in [9.17, 15) is 19.6 Å². The Morgan fingerprint density at radius 2 is 1.64 bits per heavy atom. The molecule has 0 unspecified atom stereocenters. The first-order valence-corrected chi connectivity index (χ1v) is 25.1. The first-order valence-electron chi connectivity index (χ1n) is 23.9. The van der Waals surface area contributed by atoms with E-state index in [0.717, 1.165) is 70.4 Å². The number of carbonyl (C=O) groups excluding carboxylic acids is 3. The highest BCUT2D eigenvalue weighted by Gasteiger charge is 2.42. The highest BCUT2D eigenvalue weighted by molar-refractivity contribution is 7.13. The number of hydrogen-bond donors (Lipinski definition) is 2. The van der Waals surface area contributed by atoms with E-state index in [-0.39, 0.29) is 36.5 Å². The second-order valence-corrected chi connectivity index (χ2v) is 20.7. The molecule has 370 valence electrons. The molecule has 2 aliphatic rings. The standard InChI is InChI=1S/C53H64ClN9O6S/c1-35(38-10-12-39(13-11-38)46-36(2)57-34-70-46)58-48(64)45-9-8-20-63(45)49(65)47(52(3,4)5)60-51(66)68-28-27-67-26-25-61-21-23-62(24-22-61)50-56-19-18-43(59-50)33-69-44-16-14-40(15-17-44)53(6,7)41-29-37(32-55)30-42(54)31-41/h10-19,29-31,34-35,45,47H,8-9,20-28,33H2,1-7H3,(H,58,64)(H,60,66)/t35-,45-,47+/m0/s1. The number of anilines is 1. The Balaban J connectivity index is 0.792. The number of aryl methyl sites for hydroxylation is 1. The molecule has 0 spiro atoms. The summed E-state index contributed by atoms with van der Waals surface area (Å²) in [6, 6.07) is 23.7. The lowest BCUT2D eigenvalue weighted by Gasteiger charge is -2.35. The van der Waals surface area contributed by atoms with Crippen LogP contribution in [0, 0.1) is 23.7 Å². The minimum absolute atomic E-state index is 0.0257. The molecule has 15 nitrogen and oxygen atoms in total. The molecular weight excluding hydrogens is 926 g/mol. The Hall–Kier alpha value is -6.12. The Morgan fingerprint density at radius 1 is 0.900 bits per heavy atom. The number of nitrogens with one attached hydrogen (secondary N) is 2. The highest BCUT2D eigenvalue weighted by Crippen LogP contribution is 2.35. The molecule has 0 saturated carbocycles. The molecule has 3 aromatic carbocycles. The maximum absolute atomic E-state index is 14.0. The van der Waals surface area contributed by atoms with Gasteiger partial charge in [-0.25, -0.2) is 19.7 Å². The number of benzene rings is 3. The number of carbonyl (C=O) groups is 3. The predicted octanol–water partition coefficient (Wildman–Crippen LogP) is 8.49. The van der Waals surface area contributed by atoms with Crippen LogP contribution in [0.2, 0.25) is 5.02 Å². The van der Waals surface area contributed by atoms with Crippen molar-refractivity contribution in [1.82, 2.24) is 35.4 Å². The lowest BCUT2D eigenvalue weighted by atomic mass is 9.78. The summed E-state index contributed by atoms with van der Waals surface area (Å²) in [5, 5.41) is 15.9. The molecule has 0 aliphatic carbocycles. The molecule has 5 aromatic rings. The van der Waals surface area contributed by atoms with Crippen LogP contribution in [0.15, 0.2) is 84.5 Å². The second-order valence-electron chi connectivity index (χ2n) is 19.5. The number of thiazole rings is 1. The number of piperazine rings is 1. The fourth-order valence-electron chi connectivity index (χ4n) is 8.76. The van der Waals surface area contributed by atoms with Crippen molar-refractivity contribution < 1.29 is 28.6 Å². The van der Waals surface area contributed by atoms with E-state index in [0.29, 0.717) is 55.7 Å². The normalized spacial score (nSPS) is 16.3. The quantitative estimate of drug-likeness (QED) is 0.0803. The number of nitrogens with zero attached hydrogens (tertiary/aromatic N) is 7. The van der Waals surface area contributed by atoms with Crippen LogP contribution in [-0.4, -0.2) is 114 Å². The third-order valence-electron chi connectivity index (χ3n) is 13.1. The Bertz CT molecular complexity index is 2620. The van der Waals surface area contributed by atoms with Gasteiger partial charge in [-0.15, -0.1) is 11.3 Å². The SMILES string of the molecule is Cc1ncsc1-c1ccc([C@H](C)NC(=O)[C@@H]2CCCN2C(=O)[C@@H](NC(=O)OCCOCCN2CCN(c3nccc(COc4ccc(C(C)(C)c5cc(Cl)cc(C#N)c5)cc4)n3)CC2)C(C)(C)C)cc1. The zero-order chi connectivity index (χ0) is 50.0. The summed E-state index contributed by atoms with van der Waals surface area (Å²) in [7, 11) is 0. The number of halogens is 1. The molecule has 2 N–H and O–H groups in total. The van der Waals surface area contributed by atoms with Crippen LogP contribution in [0.3, 0.4) is 0 Å². The van der Waals surface area contributed by atoms with Gasteiger partial charge in [-0.2, -0.15) is 5.26 Å². The topological polar surface area (TPSA) is 175 Å². The Labute approximate surface area is 420 Å². The molecule has 2 aliphatic heterocycles. The number of alkyl carbamates (subject to hydrolysis) is 1. The van der Waals surface area contributed by atoms with Crippen molar-refractivity contribution in [2.45, 2.75) is 91.5 Å². The Kier molecular flexibility index (Phi) is 17.1. The number of ether oxygens (including phenoxy) is 3. The summed E-state index contributed by atoms with van der Waals surface area (Å²) in [5.41, 5.74) is 7.18. The summed E-state index contributed by atoms with van der Waals surface area (Å²) < 4.78 is 17.4. The third-order valence-corrected chi connectivity index (χ3v) is 14.3. The van der Waals surface area contributed by atoms with E-state index < -0.39 is 23.6 Å². The molecule has 3 amide bonds. The van der Waals surface area contributed by atoms with Gasteiger partial charge in [-0.05, 0) is 90.8 Å². The molecule has 3 atom stereocenters. The van der Waals surface area contributed by atoms with Crippen molar-refractivity contribution in [2.24, 2.45) is 5.41 Å². The second kappa shape index (κ2) is 23.2. The lowest BCUT2D eigenvalue weighted by Crippen LogP contribution is -2.57. The fraction of sp³-hybridized carbons (Fsp3) is 0.453. The maximum Gasteiger partial charge on any atom is 0.407 e. The van der Waals surface area contributed by atoms with Crippen molar-refractivity contribution in [3.63, 3.8) is 0 Å². The monoisotopic (exact) mass is 989 g/mol. The molecular formula is C53H64ClN9O6S. The largest absolute Gasteiger partial charge is 0.487 e. The van der Waals surface area contributed by atoms with E-state index in [1.54, 1.807) is 28.5 Å². The van der Waals surface area contributed by atoms with E-state index >= 15 is 0 Å². The van der Waals surface area contributed by atoms with Crippen molar-refractivity contribution in [2.75, 3.05) is 64.0 Å². The summed E-state index contributed by atoms with van der Waals surface area (Å²) >= 11 is 7.90. The zero-order valence-electron chi connectivity index (χ0n) is 41.2. The van der Waals surface area contributed by atoms with Gasteiger partial charge in [0.25, 0.3) is 0 Å². The average molecular weight is 991 g/mol. The highest BCUT2D eigenvalue weighted by atomic mass is 35.5. The molecule has 0 radical (unpaired) electrons. The van der Waals surface area contributed by atoms with Gasteiger partial charge in [-0.1, -0.05) is 82.6 Å². The predicted molar refractivity (Wildman–Crippen MR) is 272 cm³/mol. The van der Waals surface area contributed by atoms with Gasteiger partial charge in [0.1, 0.15) is 31.0 Å². The zero-order valence-corrected chi connectivity index (χ0v) is 42.7. The molecule has 0 bridgehead atoms. The molecule has 4 heterocycles. The minimum atomic E-state index is -0.903. The van der Waals surface area contributed by atoms with Gasteiger partial charge in [0.05, 0.1) is 52.7 Å². The molecule has 17 heteroatoms. The fourth-order valence-corrected chi connectivity index (χ4v) is 9.80. The van der Waals surface area contributed by atoms with Crippen molar-refractivity contribution in [3.8, 4) is 22.3 Å². The minimum Gasteiger partial charge on any atom is -0.487 e. The molecule has 2 saturated heterocycles. The van der Waals surface area contributed by atoms with Gasteiger partial charge in [-0.3, -0.25) is 14.5 Å². The Morgan fingerprint density at radius 3 is 2.33 bits per heavy atom. The van der Waals surface area contributed by atoms with Crippen LogP contribution in [0.1, 0.15) is 94.1 Å². The van der Waals surface area contributed by atoms with E-state index in [1.165, 1.54) is 0 Å². The third kappa shape index (κ3) is 13.2. The van der Waals surface area contributed by atoms with Crippen LogP contribution < -0.4 is 20.3 Å². The number of likely N-dealkylation sites (tertiary alicyclic amines) is 1. The molecule has 2 aromatic heterocycles. The smallest absolute Gasteiger partial charge is 0.407 e. The van der Waals surface area contributed by atoms with Crippen molar-refractivity contribution in [3.05, 3.63) is 123 Å². The van der Waals surface area contributed by atoms with Crippen LogP contribution in [-0.2, 0) is 31.1 Å². The summed E-state index contributed by atoms with van der Waals surface area (Å²) in [6.07, 6.45) is 2.28. The molecule has 7 rings (SSSR count).